The maximum absolute atomic E-state index is 11.6. The van der Waals surface area contributed by atoms with Gasteiger partial charge in [0.15, 0.2) is 11.6 Å². The minimum Gasteiger partial charge on any atom is -0.465 e. The van der Waals surface area contributed by atoms with Gasteiger partial charge < -0.3 is 15.4 Å². The molecule has 1 heterocycles. The molecule has 2 aromatic rings. The predicted molar refractivity (Wildman–Crippen MR) is 88.3 cm³/mol. The van der Waals surface area contributed by atoms with Gasteiger partial charge in [0.05, 0.1) is 12.7 Å². The normalized spacial score (nSPS) is 13.0. The van der Waals surface area contributed by atoms with E-state index in [-0.39, 0.29) is 18.0 Å². The number of methoxy groups -OCH3 is 1. The minimum atomic E-state index is -0.388. The molecule has 1 aliphatic carbocycles. The van der Waals surface area contributed by atoms with E-state index in [1.807, 2.05) is 0 Å². The van der Waals surface area contributed by atoms with E-state index >= 15 is 0 Å². The number of carbonyl (C=O) groups excluding carboxylic acids is 2. The lowest BCUT2D eigenvalue weighted by molar-refractivity contribution is 0.0600. The van der Waals surface area contributed by atoms with Crippen LogP contribution in [0.4, 0.5) is 22.1 Å². The van der Waals surface area contributed by atoms with Crippen molar-refractivity contribution in [1.82, 2.24) is 15.5 Å². The number of ether oxygens (including phenoxy) is 1. The molecule has 2 amide bonds. The second-order valence-electron chi connectivity index (χ2n) is 5.37. The van der Waals surface area contributed by atoms with Gasteiger partial charge >= 0.3 is 12.0 Å². The summed E-state index contributed by atoms with van der Waals surface area (Å²) in [4.78, 5) is 23.0. The Balaban J connectivity index is 1.57. The van der Waals surface area contributed by atoms with Crippen molar-refractivity contribution in [2.24, 2.45) is 0 Å². The fourth-order valence-electron chi connectivity index (χ4n) is 1.99. The minimum absolute atomic E-state index is 0.272. The van der Waals surface area contributed by atoms with Crippen LogP contribution in [0, 0.1) is 0 Å². The Labute approximate surface area is 138 Å². The standard InChI is InChI=1S/C16H17N5O3/c1-24-15(22)10-2-4-11(5-3-10)17-13-8-9-14(21-20-13)19-16(23)18-12-6-7-12/h2-5,8-9,12H,6-7H2,1H3,(H,17,20)(H2,18,19,21,23). The van der Waals surface area contributed by atoms with E-state index in [2.05, 4.69) is 30.9 Å². The van der Waals surface area contributed by atoms with Crippen molar-refractivity contribution < 1.29 is 14.3 Å². The zero-order valence-corrected chi connectivity index (χ0v) is 13.1. The molecule has 0 bridgehead atoms. The van der Waals surface area contributed by atoms with Gasteiger partial charge in [-0.3, -0.25) is 5.32 Å². The number of hydrogen-bond acceptors (Lipinski definition) is 6. The van der Waals surface area contributed by atoms with E-state index in [1.54, 1.807) is 36.4 Å². The first-order valence-corrected chi connectivity index (χ1v) is 7.51. The molecule has 0 unspecified atom stereocenters. The summed E-state index contributed by atoms with van der Waals surface area (Å²) in [6.07, 6.45) is 2.05. The van der Waals surface area contributed by atoms with Crippen molar-refractivity contribution in [3.8, 4) is 0 Å². The van der Waals surface area contributed by atoms with E-state index in [9.17, 15) is 9.59 Å². The summed E-state index contributed by atoms with van der Waals surface area (Å²) in [7, 11) is 1.34. The average Bonchev–Trinajstić information content (AvgIpc) is 3.40. The number of nitrogens with zero attached hydrogens (tertiary/aromatic N) is 2. The lowest BCUT2D eigenvalue weighted by Gasteiger charge is -2.08. The Hall–Kier alpha value is -3.16. The topological polar surface area (TPSA) is 105 Å². The third-order valence-corrected chi connectivity index (χ3v) is 3.40. The van der Waals surface area contributed by atoms with Gasteiger partial charge in [0.2, 0.25) is 0 Å². The van der Waals surface area contributed by atoms with Crippen LogP contribution in [-0.2, 0) is 4.74 Å². The number of urea groups is 1. The highest BCUT2D eigenvalue weighted by molar-refractivity contribution is 5.90. The molecule has 1 saturated carbocycles. The maximum atomic E-state index is 11.6. The predicted octanol–water partition coefficient (Wildman–Crippen LogP) is 2.29. The van der Waals surface area contributed by atoms with Crippen molar-refractivity contribution >= 4 is 29.3 Å². The number of carbonyl (C=O) groups is 2. The van der Waals surface area contributed by atoms with Crippen molar-refractivity contribution in [3.05, 3.63) is 42.0 Å². The van der Waals surface area contributed by atoms with Crippen LogP contribution in [0.5, 0.6) is 0 Å². The number of esters is 1. The van der Waals surface area contributed by atoms with Gasteiger partial charge in [-0.05, 0) is 49.2 Å². The summed E-state index contributed by atoms with van der Waals surface area (Å²) in [5, 5.41) is 16.4. The van der Waals surface area contributed by atoms with E-state index in [0.29, 0.717) is 17.2 Å². The monoisotopic (exact) mass is 327 g/mol. The molecule has 124 valence electrons. The molecule has 1 aromatic heterocycles. The van der Waals surface area contributed by atoms with Crippen LogP contribution in [0.3, 0.4) is 0 Å². The highest BCUT2D eigenvalue weighted by atomic mass is 16.5. The Morgan fingerprint density at radius 3 is 2.29 bits per heavy atom. The maximum Gasteiger partial charge on any atom is 0.337 e. The molecule has 0 radical (unpaired) electrons. The van der Waals surface area contributed by atoms with Gasteiger partial charge in [-0.2, -0.15) is 0 Å². The zero-order chi connectivity index (χ0) is 16.9. The fourth-order valence-corrected chi connectivity index (χ4v) is 1.99. The molecule has 8 heteroatoms. The van der Waals surface area contributed by atoms with Gasteiger partial charge in [-0.25, -0.2) is 9.59 Å². The Morgan fingerprint density at radius 2 is 1.71 bits per heavy atom. The SMILES string of the molecule is COC(=O)c1ccc(Nc2ccc(NC(=O)NC3CC3)nn2)cc1. The number of amides is 2. The van der Waals surface area contributed by atoms with Gasteiger partial charge in [0.25, 0.3) is 0 Å². The smallest absolute Gasteiger partial charge is 0.337 e. The molecular formula is C16H17N5O3. The summed E-state index contributed by atoms with van der Waals surface area (Å²) in [5.74, 6) is 0.509. The van der Waals surface area contributed by atoms with Crippen LogP contribution >= 0.6 is 0 Å². The molecule has 3 rings (SSSR count). The van der Waals surface area contributed by atoms with Crippen LogP contribution < -0.4 is 16.0 Å². The van der Waals surface area contributed by atoms with Gasteiger partial charge in [0, 0.05) is 11.7 Å². The summed E-state index contributed by atoms with van der Waals surface area (Å²) in [6, 6.07) is 10.2. The lowest BCUT2D eigenvalue weighted by Crippen LogP contribution is -2.30. The molecule has 24 heavy (non-hydrogen) atoms. The van der Waals surface area contributed by atoms with Crippen LogP contribution in [0.25, 0.3) is 0 Å². The summed E-state index contributed by atoms with van der Waals surface area (Å²) < 4.78 is 4.65. The molecule has 3 N–H and O–H groups in total. The number of anilines is 3. The van der Waals surface area contributed by atoms with Crippen molar-refractivity contribution in [3.63, 3.8) is 0 Å². The first-order valence-electron chi connectivity index (χ1n) is 7.51. The molecule has 0 saturated heterocycles. The third-order valence-electron chi connectivity index (χ3n) is 3.40. The average molecular weight is 327 g/mol. The number of rotatable bonds is 5. The number of benzene rings is 1. The Kier molecular flexibility index (Phi) is 4.55. The quantitative estimate of drug-likeness (QED) is 0.728. The molecule has 0 aliphatic heterocycles. The van der Waals surface area contributed by atoms with E-state index in [4.69, 9.17) is 0 Å². The molecule has 0 spiro atoms. The second-order valence-corrected chi connectivity index (χ2v) is 5.37. The first-order chi connectivity index (χ1) is 11.6. The Bertz CT molecular complexity index is 726. The fraction of sp³-hybridized carbons (Fsp3) is 0.250. The van der Waals surface area contributed by atoms with Gasteiger partial charge in [-0.1, -0.05) is 0 Å². The molecule has 0 atom stereocenters. The van der Waals surface area contributed by atoms with E-state index in [0.717, 1.165) is 18.5 Å². The molecule has 8 nitrogen and oxygen atoms in total. The van der Waals surface area contributed by atoms with Crippen molar-refractivity contribution in [2.45, 2.75) is 18.9 Å². The Morgan fingerprint density at radius 1 is 1.04 bits per heavy atom. The highest BCUT2D eigenvalue weighted by Gasteiger charge is 2.23. The van der Waals surface area contributed by atoms with Gasteiger partial charge in [-0.15, -0.1) is 10.2 Å². The third kappa shape index (κ3) is 4.19. The van der Waals surface area contributed by atoms with Gasteiger partial charge in [0.1, 0.15) is 0 Å². The zero-order valence-electron chi connectivity index (χ0n) is 13.1. The van der Waals surface area contributed by atoms with Crippen LogP contribution in [-0.4, -0.2) is 35.3 Å². The molecule has 1 fully saturated rings. The van der Waals surface area contributed by atoms with Crippen LogP contribution in [0.1, 0.15) is 23.2 Å². The lowest BCUT2D eigenvalue weighted by atomic mass is 10.2. The van der Waals surface area contributed by atoms with E-state index < -0.39 is 0 Å². The largest absolute Gasteiger partial charge is 0.465 e. The summed E-state index contributed by atoms with van der Waals surface area (Å²) >= 11 is 0. The van der Waals surface area contributed by atoms with E-state index in [1.165, 1.54) is 7.11 Å². The first kappa shape index (κ1) is 15.7. The second kappa shape index (κ2) is 6.95. The van der Waals surface area contributed by atoms with Crippen LogP contribution in [0.2, 0.25) is 0 Å². The molecule has 1 aromatic carbocycles. The van der Waals surface area contributed by atoms with Crippen molar-refractivity contribution in [2.75, 3.05) is 17.7 Å². The summed E-state index contributed by atoms with van der Waals surface area (Å²) in [5.41, 5.74) is 1.22. The molecular weight excluding hydrogens is 310 g/mol. The van der Waals surface area contributed by atoms with Crippen LogP contribution in [0.15, 0.2) is 36.4 Å². The summed E-state index contributed by atoms with van der Waals surface area (Å²) in [6.45, 7) is 0. The van der Waals surface area contributed by atoms with Crippen molar-refractivity contribution in [1.29, 1.82) is 0 Å². The number of aromatic nitrogens is 2. The number of nitrogens with one attached hydrogen (secondary N) is 3. The number of hydrogen-bond donors (Lipinski definition) is 3. The molecule has 1 aliphatic rings. The highest BCUT2D eigenvalue weighted by Crippen LogP contribution is 2.19.